The van der Waals surface area contributed by atoms with Crippen LogP contribution in [0.2, 0.25) is 0 Å². The van der Waals surface area contributed by atoms with Gasteiger partial charge in [0, 0.05) is 0 Å². The first-order chi connectivity index (χ1) is 4.90. The van der Waals surface area contributed by atoms with Gasteiger partial charge in [0.2, 0.25) is 0 Å². The van der Waals surface area contributed by atoms with Gasteiger partial charge in [-0.3, -0.25) is 0 Å². The van der Waals surface area contributed by atoms with Gasteiger partial charge in [-0.2, -0.15) is 0 Å². The summed E-state index contributed by atoms with van der Waals surface area (Å²) < 4.78 is 0. The second-order valence-electron chi connectivity index (χ2n) is 2.50. The van der Waals surface area contributed by atoms with Gasteiger partial charge in [-0.15, -0.1) is 21.6 Å². The number of benzene rings is 1. The maximum Gasteiger partial charge on any atom is -0.0128 e. The fraction of sp³-hybridized carbons (Fsp3) is 0.111. The zero-order valence-electron chi connectivity index (χ0n) is 6.08. The molecule has 0 aromatic heterocycles. The van der Waals surface area contributed by atoms with E-state index in [0.29, 0.717) is 0 Å². The third-order valence-corrected chi connectivity index (χ3v) is 2.30. The summed E-state index contributed by atoms with van der Waals surface area (Å²) in [5, 5.41) is 0. The van der Waals surface area contributed by atoms with Gasteiger partial charge in [-0.05, 0) is 22.9 Å². The van der Waals surface area contributed by atoms with Gasteiger partial charge in [0.1, 0.15) is 0 Å². The molecule has 1 unspecified atom stereocenters. The molecule has 1 aliphatic rings. The standard InChI is InChI=1S/C9H9P.ClH/c10-6-7-1-2-8-3-4-9(8)5-7;/h1-5H,6,10H2;1H. The van der Waals surface area contributed by atoms with E-state index in [4.69, 9.17) is 0 Å². The van der Waals surface area contributed by atoms with Crippen molar-refractivity contribution in [2.24, 2.45) is 0 Å². The number of fused-ring (bicyclic) bond motifs is 1. The van der Waals surface area contributed by atoms with E-state index in [0.717, 1.165) is 6.16 Å². The molecule has 2 rings (SSSR count). The van der Waals surface area contributed by atoms with Crippen molar-refractivity contribution in [1.82, 2.24) is 0 Å². The predicted molar refractivity (Wildman–Crippen MR) is 56.0 cm³/mol. The van der Waals surface area contributed by atoms with E-state index in [1.807, 2.05) is 0 Å². The van der Waals surface area contributed by atoms with Crippen molar-refractivity contribution in [2.45, 2.75) is 6.16 Å². The molecule has 0 fully saturated rings. The molecular formula is C9H10ClP. The van der Waals surface area contributed by atoms with Crippen molar-refractivity contribution < 1.29 is 0 Å². The number of hydrogen-bond donors (Lipinski definition) is 0. The molecule has 0 spiro atoms. The highest BCUT2D eigenvalue weighted by molar-refractivity contribution is 7.15. The first-order valence-corrected chi connectivity index (χ1v) is 4.23. The van der Waals surface area contributed by atoms with Crippen LogP contribution in [0.4, 0.5) is 0 Å². The Balaban J connectivity index is 0.000000605. The van der Waals surface area contributed by atoms with Crippen LogP contribution >= 0.6 is 21.6 Å². The Hall–Kier alpha value is -0.320. The van der Waals surface area contributed by atoms with Crippen LogP contribution in [0.1, 0.15) is 16.7 Å². The van der Waals surface area contributed by atoms with Gasteiger partial charge in [0.25, 0.3) is 0 Å². The Bertz CT molecular complexity index is 292. The van der Waals surface area contributed by atoms with E-state index < -0.39 is 0 Å². The summed E-state index contributed by atoms with van der Waals surface area (Å²) in [5.41, 5.74) is 4.16. The quantitative estimate of drug-likeness (QED) is 0.598. The van der Waals surface area contributed by atoms with Crippen molar-refractivity contribution in [1.29, 1.82) is 0 Å². The minimum atomic E-state index is 0. The summed E-state index contributed by atoms with van der Waals surface area (Å²) in [6.45, 7) is 0. The highest BCUT2D eigenvalue weighted by Gasteiger charge is 2.03. The van der Waals surface area contributed by atoms with E-state index in [9.17, 15) is 0 Å². The maximum atomic E-state index is 2.73. The smallest absolute Gasteiger partial charge is 0.0128 e. The van der Waals surface area contributed by atoms with Crippen LogP contribution in [0, 0.1) is 0 Å². The highest BCUT2D eigenvalue weighted by atomic mass is 35.5. The molecule has 11 heavy (non-hydrogen) atoms. The molecule has 0 aliphatic heterocycles. The largest absolute Gasteiger partial charge is 0.147 e. The molecule has 1 aromatic carbocycles. The van der Waals surface area contributed by atoms with E-state index in [1.54, 1.807) is 0 Å². The number of halogens is 1. The zero-order valence-corrected chi connectivity index (χ0v) is 8.05. The lowest BCUT2D eigenvalue weighted by Gasteiger charge is -2.10. The lowest BCUT2D eigenvalue weighted by atomic mass is 9.96. The molecule has 0 bridgehead atoms. The molecule has 2 heteroatoms. The minimum Gasteiger partial charge on any atom is -0.147 e. The van der Waals surface area contributed by atoms with Crippen LogP contribution in [0.15, 0.2) is 18.2 Å². The van der Waals surface area contributed by atoms with Crippen molar-refractivity contribution in [3.8, 4) is 0 Å². The Labute approximate surface area is 75.3 Å². The van der Waals surface area contributed by atoms with E-state index in [1.165, 1.54) is 16.7 Å². The topological polar surface area (TPSA) is 0 Å². The van der Waals surface area contributed by atoms with Crippen LogP contribution in [0.5, 0.6) is 0 Å². The first-order valence-electron chi connectivity index (χ1n) is 3.41. The molecule has 58 valence electrons. The number of rotatable bonds is 1. The molecule has 0 saturated heterocycles. The van der Waals surface area contributed by atoms with Gasteiger partial charge in [0.05, 0.1) is 0 Å². The molecule has 0 N–H and O–H groups in total. The van der Waals surface area contributed by atoms with Gasteiger partial charge >= 0.3 is 0 Å². The maximum absolute atomic E-state index is 2.73. The Morgan fingerprint density at radius 1 is 1.09 bits per heavy atom. The fourth-order valence-corrected chi connectivity index (χ4v) is 1.38. The van der Waals surface area contributed by atoms with Gasteiger partial charge in [-0.1, -0.05) is 30.4 Å². The summed E-state index contributed by atoms with van der Waals surface area (Å²) >= 11 is 0. The van der Waals surface area contributed by atoms with Crippen LogP contribution in [-0.4, -0.2) is 0 Å². The van der Waals surface area contributed by atoms with E-state index in [2.05, 4.69) is 39.6 Å². The Kier molecular flexibility index (Phi) is 2.70. The van der Waals surface area contributed by atoms with Crippen LogP contribution in [0.25, 0.3) is 12.2 Å². The summed E-state index contributed by atoms with van der Waals surface area (Å²) in [7, 11) is 2.73. The van der Waals surface area contributed by atoms with Gasteiger partial charge in [-0.25, -0.2) is 0 Å². The van der Waals surface area contributed by atoms with Crippen LogP contribution in [0.3, 0.4) is 0 Å². The fourth-order valence-electron chi connectivity index (χ4n) is 1.13. The molecule has 1 atom stereocenters. The predicted octanol–water partition coefficient (Wildman–Crippen LogP) is 2.97. The zero-order chi connectivity index (χ0) is 6.97. The first kappa shape index (κ1) is 8.77. The summed E-state index contributed by atoms with van der Waals surface area (Å²) in [4.78, 5) is 0. The normalized spacial score (nSPS) is 11.4. The highest BCUT2D eigenvalue weighted by Crippen LogP contribution is 2.24. The molecule has 0 saturated carbocycles. The van der Waals surface area contributed by atoms with E-state index in [-0.39, 0.29) is 12.4 Å². The molecular weight excluding hydrogens is 175 g/mol. The molecule has 1 aromatic rings. The molecule has 0 nitrogen and oxygen atoms in total. The van der Waals surface area contributed by atoms with Crippen LogP contribution in [-0.2, 0) is 6.16 Å². The molecule has 0 radical (unpaired) electrons. The summed E-state index contributed by atoms with van der Waals surface area (Å²) in [6, 6.07) is 6.59. The van der Waals surface area contributed by atoms with Gasteiger partial charge < -0.3 is 0 Å². The summed E-state index contributed by atoms with van der Waals surface area (Å²) in [5.74, 6) is 0. The minimum absolute atomic E-state index is 0. The van der Waals surface area contributed by atoms with E-state index >= 15 is 0 Å². The average molecular weight is 185 g/mol. The Morgan fingerprint density at radius 2 is 1.82 bits per heavy atom. The number of hydrogen-bond acceptors (Lipinski definition) is 0. The lowest BCUT2D eigenvalue weighted by Crippen LogP contribution is -1.90. The molecule has 0 amide bonds. The third kappa shape index (κ3) is 1.47. The average Bonchev–Trinajstić information content (AvgIpc) is 1.92. The van der Waals surface area contributed by atoms with Crippen molar-refractivity contribution in [3.63, 3.8) is 0 Å². The second kappa shape index (κ2) is 3.38. The monoisotopic (exact) mass is 184 g/mol. The SMILES string of the molecule is Cl.PCc1ccc2c(c1)C=C2. The third-order valence-electron chi connectivity index (χ3n) is 1.83. The van der Waals surface area contributed by atoms with Crippen molar-refractivity contribution in [3.05, 3.63) is 34.9 Å². The van der Waals surface area contributed by atoms with Gasteiger partial charge in [0.15, 0.2) is 0 Å². The second-order valence-corrected chi connectivity index (χ2v) is 2.91. The lowest BCUT2D eigenvalue weighted by molar-refractivity contribution is 1.39. The molecule has 1 aliphatic carbocycles. The van der Waals surface area contributed by atoms with Crippen LogP contribution < -0.4 is 0 Å². The van der Waals surface area contributed by atoms with Crippen molar-refractivity contribution >= 4 is 33.8 Å². The van der Waals surface area contributed by atoms with Crippen molar-refractivity contribution in [2.75, 3.05) is 0 Å². The molecule has 0 heterocycles. The summed E-state index contributed by atoms with van der Waals surface area (Å²) in [6.07, 6.45) is 5.35. The Morgan fingerprint density at radius 3 is 2.27 bits per heavy atom.